The molecule has 184 valence electrons. The zero-order valence-corrected chi connectivity index (χ0v) is 21.0. The first-order valence-electron chi connectivity index (χ1n) is 12.8. The highest BCUT2D eigenvalue weighted by atomic mass is 32.2. The van der Waals surface area contributed by atoms with E-state index in [1.165, 1.54) is 0 Å². The van der Waals surface area contributed by atoms with E-state index >= 15 is 0 Å². The average molecular weight is 470 g/mol. The largest absolute Gasteiger partial charge is 0.393 e. The van der Waals surface area contributed by atoms with Gasteiger partial charge in [0.25, 0.3) is 0 Å². The topological polar surface area (TPSA) is 104 Å². The maximum absolute atomic E-state index is 11.9. The molecule has 0 aliphatic heterocycles. The van der Waals surface area contributed by atoms with E-state index in [0.717, 1.165) is 51.4 Å². The summed E-state index contributed by atoms with van der Waals surface area (Å²) in [6.07, 6.45) is 9.00. The lowest BCUT2D eigenvalue weighted by Gasteiger charge is -2.63. The first kappa shape index (κ1) is 24.6. The number of hydrogen-bond donors (Lipinski definition) is 3. The molecule has 3 N–H and O–H groups in total. The smallest absolute Gasteiger partial charge is 0.333 e. The van der Waals surface area contributed by atoms with E-state index < -0.39 is 10.3 Å². The molecule has 1 unspecified atom stereocenters. The number of ketones is 1. The van der Waals surface area contributed by atoms with Crippen LogP contribution in [0.5, 0.6) is 0 Å². The van der Waals surface area contributed by atoms with Gasteiger partial charge in [-0.3, -0.25) is 4.55 Å². The van der Waals surface area contributed by atoms with Gasteiger partial charge in [-0.2, -0.15) is 13.1 Å². The fourth-order valence-corrected chi connectivity index (χ4v) is 9.80. The quantitative estimate of drug-likeness (QED) is 0.501. The molecule has 32 heavy (non-hydrogen) atoms. The van der Waals surface area contributed by atoms with Crippen LogP contribution in [0.25, 0.3) is 0 Å². The third-order valence-corrected chi connectivity index (χ3v) is 11.3. The van der Waals surface area contributed by atoms with Crippen molar-refractivity contribution in [2.24, 2.45) is 46.3 Å². The van der Waals surface area contributed by atoms with Gasteiger partial charge in [0.05, 0.1) is 6.10 Å². The van der Waals surface area contributed by atoms with Crippen LogP contribution >= 0.6 is 0 Å². The predicted molar refractivity (Wildman–Crippen MR) is 124 cm³/mol. The number of nitrogens with one attached hydrogen (secondary N) is 1. The molecule has 0 saturated heterocycles. The molecule has 6 nitrogen and oxygen atoms in total. The van der Waals surface area contributed by atoms with Crippen molar-refractivity contribution in [1.29, 1.82) is 0 Å². The van der Waals surface area contributed by atoms with Gasteiger partial charge in [-0.1, -0.05) is 20.8 Å². The van der Waals surface area contributed by atoms with Gasteiger partial charge < -0.3 is 9.90 Å². The summed E-state index contributed by atoms with van der Waals surface area (Å²) in [4.78, 5) is 11.6. The minimum absolute atomic E-state index is 0.126. The molecular formula is C25H43NO5S. The van der Waals surface area contributed by atoms with Gasteiger partial charge >= 0.3 is 10.3 Å². The summed E-state index contributed by atoms with van der Waals surface area (Å²) in [6, 6.07) is -0.269. The highest BCUT2D eigenvalue weighted by Crippen LogP contribution is 2.68. The molecule has 7 heteroatoms. The number of carbonyl (C=O) groups is 1. The van der Waals surface area contributed by atoms with Gasteiger partial charge in [0.15, 0.2) is 0 Å². The number of aliphatic hydroxyl groups is 1. The predicted octanol–water partition coefficient (Wildman–Crippen LogP) is 4.38. The molecule has 0 amide bonds. The van der Waals surface area contributed by atoms with E-state index in [2.05, 4.69) is 25.5 Å². The summed E-state index contributed by atoms with van der Waals surface area (Å²) in [5.74, 6) is 2.63. The van der Waals surface area contributed by atoms with Crippen LogP contribution in [0.2, 0.25) is 0 Å². The van der Waals surface area contributed by atoms with Crippen LogP contribution in [0.15, 0.2) is 0 Å². The fraction of sp³-hybridized carbons (Fsp3) is 0.960. The molecule has 0 bridgehead atoms. The summed E-state index contributed by atoms with van der Waals surface area (Å²) in [7, 11) is -4.29. The highest BCUT2D eigenvalue weighted by molar-refractivity contribution is 7.83. The van der Waals surface area contributed by atoms with E-state index in [4.69, 9.17) is 0 Å². The number of Topliss-reactive ketones (excluding diaryl/α,β-unsaturated/α-hetero) is 1. The van der Waals surface area contributed by atoms with Gasteiger partial charge in [0.1, 0.15) is 5.78 Å². The van der Waals surface area contributed by atoms with Crippen molar-refractivity contribution < 1.29 is 22.9 Å². The van der Waals surface area contributed by atoms with Crippen LogP contribution < -0.4 is 4.72 Å². The third kappa shape index (κ3) is 4.32. The molecule has 4 rings (SSSR count). The van der Waals surface area contributed by atoms with E-state index in [0.29, 0.717) is 36.5 Å². The minimum atomic E-state index is -4.29. The number of hydrogen-bond acceptors (Lipinski definition) is 4. The Morgan fingerprint density at radius 3 is 2.38 bits per heavy atom. The number of aliphatic hydroxyl groups excluding tert-OH is 1. The zero-order valence-electron chi connectivity index (χ0n) is 20.2. The Morgan fingerprint density at radius 2 is 1.72 bits per heavy atom. The summed E-state index contributed by atoms with van der Waals surface area (Å²) in [6.45, 7) is 8.76. The van der Waals surface area contributed by atoms with Crippen LogP contribution in [0.3, 0.4) is 0 Å². The van der Waals surface area contributed by atoms with Gasteiger partial charge in [-0.05, 0) is 111 Å². The summed E-state index contributed by atoms with van der Waals surface area (Å²) < 4.78 is 36.2. The minimum Gasteiger partial charge on any atom is -0.393 e. The van der Waals surface area contributed by atoms with Crippen molar-refractivity contribution >= 4 is 16.1 Å². The monoisotopic (exact) mass is 469 g/mol. The molecule has 4 saturated carbocycles. The van der Waals surface area contributed by atoms with Crippen molar-refractivity contribution in [3.8, 4) is 0 Å². The highest BCUT2D eigenvalue weighted by Gasteiger charge is 2.63. The van der Waals surface area contributed by atoms with Crippen molar-refractivity contribution in [1.82, 2.24) is 4.72 Å². The lowest BCUT2D eigenvalue weighted by Crippen LogP contribution is -2.62. The molecule has 0 spiro atoms. The van der Waals surface area contributed by atoms with Gasteiger partial charge in [-0.15, -0.1) is 0 Å². The third-order valence-electron chi connectivity index (χ3n) is 10.7. The van der Waals surface area contributed by atoms with E-state index in [1.807, 2.05) is 0 Å². The molecule has 10 atom stereocenters. The second kappa shape index (κ2) is 8.62. The maximum atomic E-state index is 11.9. The van der Waals surface area contributed by atoms with E-state index in [9.17, 15) is 22.9 Å². The van der Waals surface area contributed by atoms with Crippen LogP contribution in [0, 0.1) is 46.3 Å². The second-order valence-electron chi connectivity index (χ2n) is 12.3. The molecule has 0 aromatic rings. The van der Waals surface area contributed by atoms with E-state index in [1.54, 1.807) is 6.92 Å². The number of fused-ring (bicyclic) bond motifs is 5. The molecular weight excluding hydrogens is 426 g/mol. The Balaban J connectivity index is 1.64. The van der Waals surface area contributed by atoms with Crippen molar-refractivity contribution in [2.75, 3.05) is 0 Å². The molecule has 4 aliphatic rings. The second-order valence-corrected chi connectivity index (χ2v) is 13.5. The van der Waals surface area contributed by atoms with Crippen LogP contribution in [-0.4, -0.2) is 36.0 Å². The SMILES string of the molecule is CC(=O)CC[C@@H](C)[C@H]1CC[C@H]2[C@@H]3C(NS(=O)(=O)O)C[C@@H]4C[C@H](O)CC[C@]4(C)[C@H]3CC[C@]12C. The Hall–Kier alpha value is -0.500. The van der Waals surface area contributed by atoms with Crippen molar-refractivity contribution in [3.05, 3.63) is 0 Å². The molecule has 0 heterocycles. The standard InChI is InChI=1S/C25H43NO5S/c1-15(5-6-16(2)27)19-7-8-20-23-21(10-12-25(19,20)4)24(3)11-9-18(28)13-17(24)14-22(23)26-32(29,30)31/h15,17-23,26,28H,5-14H2,1-4H3,(H,29,30,31)/t15-,17+,18-,19-,20+,21+,22?,23+,24+,25-/m1/s1. The van der Waals surface area contributed by atoms with E-state index in [-0.39, 0.29) is 40.6 Å². The lowest BCUT2D eigenvalue weighted by atomic mass is 9.43. The molecule has 0 radical (unpaired) electrons. The van der Waals surface area contributed by atoms with Crippen LogP contribution in [-0.2, 0) is 15.1 Å². The first-order valence-corrected chi connectivity index (χ1v) is 14.2. The van der Waals surface area contributed by atoms with Crippen LogP contribution in [0.1, 0.15) is 91.9 Å². The first-order chi connectivity index (χ1) is 14.8. The Morgan fingerprint density at radius 1 is 1.06 bits per heavy atom. The maximum Gasteiger partial charge on any atom is 0.333 e. The summed E-state index contributed by atoms with van der Waals surface area (Å²) in [5.41, 5.74) is 0.273. The molecule has 4 aliphatic carbocycles. The molecule has 0 aromatic heterocycles. The van der Waals surface area contributed by atoms with Crippen molar-refractivity contribution in [3.63, 3.8) is 0 Å². The van der Waals surface area contributed by atoms with Crippen molar-refractivity contribution in [2.45, 2.75) is 104 Å². The van der Waals surface area contributed by atoms with Gasteiger partial charge in [0.2, 0.25) is 0 Å². The number of rotatable bonds is 6. The Kier molecular flexibility index (Phi) is 6.63. The zero-order chi connectivity index (χ0) is 23.5. The Bertz CT molecular complexity index is 830. The average Bonchev–Trinajstić information content (AvgIpc) is 3.03. The van der Waals surface area contributed by atoms with Gasteiger partial charge in [-0.25, -0.2) is 0 Å². The Labute approximate surface area is 194 Å². The summed E-state index contributed by atoms with van der Waals surface area (Å²) in [5, 5.41) is 10.3. The fourth-order valence-electron chi connectivity index (χ4n) is 9.17. The molecule has 4 fully saturated rings. The normalized spacial score (nSPS) is 47.2. The lowest BCUT2D eigenvalue weighted by molar-refractivity contribution is -0.139. The number of carbonyl (C=O) groups excluding carboxylic acids is 1. The molecule has 0 aromatic carbocycles. The van der Waals surface area contributed by atoms with Crippen LogP contribution in [0.4, 0.5) is 0 Å². The summed E-state index contributed by atoms with van der Waals surface area (Å²) >= 11 is 0. The van der Waals surface area contributed by atoms with Gasteiger partial charge in [0, 0.05) is 12.5 Å².